The van der Waals surface area contributed by atoms with Gasteiger partial charge in [0.15, 0.2) is 0 Å². The highest BCUT2D eigenvalue weighted by Gasteiger charge is 2.28. The number of hydrogen-bond acceptors (Lipinski definition) is 6. The van der Waals surface area contributed by atoms with E-state index in [4.69, 9.17) is 4.74 Å². The third-order valence-corrected chi connectivity index (χ3v) is 4.92. The van der Waals surface area contributed by atoms with Crippen molar-refractivity contribution in [2.24, 2.45) is 0 Å². The van der Waals surface area contributed by atoms with Crippen molar-refractivity contribution < 1.29 is 14.3 Å². The van der Waals surface area contributed by atoms with Crippen LogP contribution in [0.2, 0.25) is 0 Å². The highest BCUT2D eigenvalue weighted by atomic mass is 35.5. The first-order valence-corrected chi connectivity index (χ1v) is 9.90. The maximum Gasteiger partial charge on any atom is 0.246 e. The van der Waals surface area contributed by atoms with Crippen molar-refractivity contribution in [3.05, 3.63) is 36.7 Å². The topological polar surface area (TPSA) is 97.3 Å². The zero-order valence-electron chi connectivity index (χ0n) is 15.7. The standard InChI is InChI=1S/C18H23N5O3S.ClH/c1-12-17(19-7-8-26-12)18(25)22-14-9-20-23(10-14)11-16(24)21-13-3-5-15(27-2)6-4-13;/h3-6,9-10,12,17,19H,7-8,11H2,1-2H3,(H,21,24)(H,22,25);1H/t12-,17+;/m1./s1. The van der Waals surface area contributed by atoms with Gasteiger partial charge in [-0.3, -0.25) is 14.3 Å². The molecule has 0 spiro atoms. The molecule has 0 aliphatic carbocycles. The molecule has 0 saturated carbocycles. The average molecular weight is 426 g/mol. The fraction of sp³-hybridized carbons (Fsp3) is 0.389. The zero-order chi connectivity index (χ0) is 19.2. The van der Waals surface area contributed by atoms with Crippen LogP contribution in [0.15, 0.2) is 41.6 Å². The molecule has 152 valence electrons. The molecule has 0 unspecified atom stereocenters. The third-order valence-electron chi connectivity index (χ3n) is 4.18. The summed E-state index contributed by atoms with van der Waals surface area (Å²) in [6.07, 6.45) is 4.95. The first-order valence-electron chi connectivity index (χ1n) is 8.67. The Morgan fingerprint density at radius 3 is 2.71 bits per heavy atom. The molecule has 3 N–H and O–H groups in total. The van der Waals surface area contributed by atoms with Gasteiger partial charge in [0.1, 0.15) is 12.6 Å². The van der Waals surface area contributed by atoms with E-state index >= 15 is 0 Å². The van der Waals surface area contributed by atoms with Gasteiger partial charge in [0.25, 0.3) is 0 Å². The summed E-state index contributed by atoms with van der Waals surface area (Å²) in [5.74, 6) is -0.371. The molecule has 1 aromatic heterocycles. The predicted octanol–water partition coefficient (Wildman–Crippen LogP) is 1.98. The number of morpholine rings is 1. The van der Waals surface area contributed by atoms with Crippen LogP contribution in [0.1, 0.15) is 6.92 Å². The smallest absolute Gasteiger partial charge is 0.246 e. The maximum atomic E-state index is 12.3. The number of nitrogens with zero attached hydrogens (tertiary/aromatic N) is 2. The van der Waals surface area contributed by atoms with E-state index in [0.717, 1.165) is 10.6 Å². The van der Waals surface area contributed by atoms with Gasteiger partial charge < -0.3 is 20.7 Å². The Morgan fingerprint density at radius 2 is 2.04 bits per heavy atom. The Morgan fingerprint density at radius 1 is 1.29 bits per heavy atom. The van der Waals surface area contributed by atoms with Gasteiger partial charge in [-0.2, -0.15) is 5.10 Å². The molecule has 2 heterocycles. The quantitative estimate of drug-likeness (QED) is 0.612. The SMILES string of the molecule is CSc1ccc(NC(=O)Cn2cc(NC(=O)[C@H]3NCCO[C@@H]3C)cn2)cc1.Cl. The minimum atomic E-state index is -0.408. The van der Waals surface area contributed by atoms with Gasteiger partial charge >= 0.3 is 0 Å². The second kappa shape index (κ2) is 10.5. The van der Waals surface area contributed by atoms with Crippen molar-refractivity contribution in [3.63, 3.8) is 0 Å². The summed E-state index contributed by atoms with van der Waals surface area (Å²) in [5, 5.41) is 12.9. The van der Waals surface area contributed by atoms with E-state index in [0.29, 0.717) is 18.8 Å². The number of nitrogens with one attached hydrogen (secondary N) is 3. The summed E-state index contributed by atoms with van der Waals surface area (Å²) < 4.78 is 6.96. The van der Waals surface area contributed by atoms with Crippen molar-refractivity contribution in [3.8, 4) is 0 Å². The minimum Gasteiger partial charge on any atom is -0.375 e. The molecule has 2 aromatic rings. The van der Waals surface area contributed by atoms with Gasteiger partial charge in [0.2, 0.25) is 11.8 Å². The van der Waals surface area contributed by atoms with E-state index in [1.165, 1.54) is 10.9 Å². The second-order valence-corrected chi connectivity index (χ2v) is 7.08. The lowest BCUT2D eigenvalue weighted by molar-refractivity contribution is -0.123. The van der Waals surface area contributed by atoms with Gasteiger partial charge in [-0.15, -0.1) is 24.2 Å². The van der Waals surface area contributed by atoms with E-state index in [2.05, 4.69) is 21.0 Å². The van der Waals surface area contributed by atoms with Gasteiger partial charge in [-0.05, 0) is 37.4 Å². The molecule has 28 heavy (non-hydrogen) atoms. The van der Waals surface area contributed by atoms with Crippen LogP contribution < -0.4 is 16.0 Å². The van der Waals surface area contributed by atoms with E-state index in [-0.39, 0.29) is 36.9 Å². The van der Waals surface area contributed by atoms with Gasteiger partial charge in [-0.25, -0.2) is 0 Å². The van der Waals surface area contributed by atoms with Crippen LogP contribution in [-0.4, -0.2) is 53.1 Å². The Labute approximate surface area is 174 Å². The van der Waals surface area contributed by atoms with E-state index in [1.807, 2.05) is 37.4 Å². The van der Waals surface area contributed by atoms with Crippen LogP contribution in [0, 0.1) is 0 Å². The number of thioether (sulfide) groups is 1. The minimum absolute atomic E-state index is 0. The van der Waals surface area contributed by atoms with Crippen LogP contribution >= 0.6 is 24.2 Å². The molecule has 1 fully saturated rings. The highest BCUT2D eigenvalue weighted by molar-refractivity contribution is 7.98. The number of carbonyl (C=O) groups is 2. The number of carbonyl (C=O) groups excluding carboxylic acids is 2. The van der Waals surface area contributed by atoms with Crippen LogP contribution in [0.3, 0.4) is 0 Å². The third kappa shape index (κ3) is 5.96. The Balaban J connectivity index is 0.00000280. The van der Waals surface area contributed by atoms with Crippen molar-refractivity contribution in [2.75, 3.05) is 30.0 Å². The lowest BCUT2D eigenvalue weighted by atomic mass is 10.1. The molecule has 2 amide bonds. The zero-order valence-corrected chi connectivity index (χ0v) is 17.3. The summed E-state index contributed by atoms with van der Waals surface area (Å²) in [7, 11) is 0. The summed E-state index contributed by atoms with van der Waals surface area (Å²) in [6, 6.07) is 7.21. The van der Waals surface area contributed by atoms with Crippen LogP contribution in [0.5, 0.6) is 0 Å². The largest absolute Gasteiger partial charge is 0.375 e. The number of halogens is 1. The molecule has 0 bridgehead atoms. The Bertz CT molecular complexity index is 799. The first-order chi connectivity index (χ1) is 13.0. The van der Waals surface area contributed by atoms with E-state index in [1.54, 1.807) is 18.0 Å². The highest BCUT2D eigenvalue weighted by Crippen LogP contribution is 2.17. The summed E-state index contributed by atoms with van der Waals surface area (Å²) in [4.78, 5) is 25.6. The average Bonchev–Trinajstić information content (AvgIpc) is 3.09. The molecule has 8 nitrogen and oxygen atoms in total. The van der Waals surface area contributed by atoms with Gasteiger partial charge in [0.05, 0.1) is 24.6 Å². The Kier molecular flexibility index (Phi) is 8.31. The number of ether oxygens (including phenoxy) is 1. The van der Waals surface area contributed by atoms with Crippen LogP contribution in [0.25, 0.3) is 0 Å². The normalized spacial score (nSPS) is 18.8. The summed E-state index contributed by atoms with van der Waals surface area (Å²) in [6.45, 7) is 3.15. The number of benzene rings is 1. The molecule has 10 heteroatoms. The first kappa shape index (κ1) is 22.2. The molecule has 1 aliphatic heterocycles. The molecular formula is C18H24ClN5O3S. The Hall–Kier alpha value is -2.07. The van der Waals surface area contributed by atoms with Crippen molar-refractivity contribution >= 4 is 47.4 Å². The summed E-state index contributed by atoms with van der Waals surface area (Å²) in [5.41, 5.74) is 1.27. The molecule has 0 radical (unpaired) electrons. The maximum absolute atomic E-state index is 12.3. The number of rotatable bonds is 6. The lowest BCUT2D eigenvalue weighted by Gasteiger charge is -2.29. The molecule has 1 aromatic carbocycles. The summed E-state index contributed by atoms with van der Waals surface area (Å²) >= 11 is 1.64. The van der Waals surface area contributed by atoms with E-state index in [9.17, 15) is 9.59 Å². The van der Waals surface area contributed by atoms with Crippen LogP contribution in [-0.2, 0) is 20.9 Å². The molecule has 1 saturated heterocycles. The molecule has 3 rings (SSSR count). The van der Waals surface area contributed by atoms with Crippen molar-refractivity contribution in [2.45, 2.75) is 30.5 Å². The molecule has 2 atom stereocenters. The lowest BCUT2D eigenvalue weighted by Crippen LogP contribution is -2.53. The number of amides is 2. The molecular weight excluding hydrogens is 402 g/mol. The second-order valence-electron chi connectivity index (χ2n) is 6.20. The fourth-order valence-electron chi connectivity index (χ4n) is 2.78. The van der Waals surface area contributed by atoms with Crippen LogP contribution in [0.4, 0.5) is 11.4 Å². The number of hydrogen-bond donors (Lipinski definition) is 3. The van der Waals surface area contributed by atoms with Crippen molar-refractivity contribution in [1.29, 1.82) is 0 Å². The number of aromatic nitrogens is 2. The van der Waals surface area contributed by atoms with Gasteiger partial charge in [0, 0.05) is 23.3 Å². The monoisotopic (exact) mass is 425 g/mol. The van der Waals surface area contributed by atoms with Gasteiger partial charge in [-0.1, -0.05) is 0 Å². The van der Waals surface area contributed by atoms with E-state index < -0.39 is 6.04 Å². The fourth-order valence-corrected chi connectivity index (χ4v) is 3.19. The predicted molar refractivity (Wildman–Crippen MR) is 112 cm³/mol. The molecule has 1 aliphatic rings. The van der Waals surface area contributed by atoms with Crippen molar-refractivity contribution in [1.82, 2.24) is 15.1 Å². The number of anilines is 2.